The highest BCUT2D eigenvalue weighted by Gasteiger charge is 2.36. The van der Waals surface area contributed by atoms with Crippen LogP contribution in [0.5, 0.6) is 0 Å². The zero-order valence-corrected chi connectivity index (χ0v) is 13.7. The Kier molecular flexibility index (Phi) is 4.53. The Hall–Kier alpha value is -0.500. The molecular weight excluding hydrogens is 349 g/mol. The molecule has 1 fully saturated rings. The van der Waals surface area contributed by atoms with Crippen molar-refractivity contribution in [1.82, 2.24) is 4.31 Å². The maximum Gasteiger partial charge on any atom is 0.246 e. The van der Waals surface area contributed by atoms with Gasteiger partial charge in [0, 0.05) is 23.1 Å². The Morgan fingerprint density at radius 1 is 1.35 bits per heavy atom. The Labute approximate surface area is 126 Å². The van der Waals surface area contributed by atoms with Crippen LogP contribution >= 0.6 is 15.9 Å². The van der Waals surface area contributed by atoms with Gasteiger partial charge in [0.25, 0.3) is 0 Å². The van der Waals surface area contributed by atoms with Crippen molar-refractivity contribution in [2.45, 2.75) is 25.3 Å². The lowest BCUT2D eigenvalue weighted by atomic mass is 10.0. The van der Waals surface area contributed by atoms with Crippen molar-refractivity contribution in [3.05, 3.63) is 28.0 Å². The molecule has 1 saturated heterocycles. The van der Waals surface area contributed by atoms with E-state index in [0.717, 1.165) is 0 Å². The van der Waals surface area contributed by atoms with Gasteiger partial charge < -0.3 is 5.11 Å². The summed E-state index contributed by atoms with van der Waals surface area (Å²) in [6.07, 6.45) is 0. The van der Waals surface area contributed by atoms with Crippen LogP contribution in [-0.4, -0.2) is 30.9 Å². The van der Waals surface area contributed by atoms with Gasteiger partial charge in [-0.25, -0.2) is 12.8 Å². The molecule has 2 rings (SSSR count). The highest BCUT2D eigenvalue weighted by Crippen LogP contribution is 2.31. The van der Waals surface area contributed by atoms with Crippen LogP contribution in [0.15, 0.2) is 21.5 Å². The van der Waals surface area contributed by atoms with Crippen molar-refractivity contribution < 1.29 is 17.9 Å². The molecule has 0 saturated carbocycles. The van der Waals surface area contributed by atoms with E-state index in [2.05, 4.69) is 15.9 Å². The van der Waals surface area contributed by atoms with Crippen LogP contribution in [0.4, 0.5) is 4.39 Å². The number of halogens is 2. The minimum atomic E-state index is -3.87. The predicted molar refractivity (Wildman–Crippen MR) is 77.1 cm³/mol. The molecule has 0 aliphatic carbocycles. The SMILES string of the molecule is CC1CN(S(=O)(=O)c2cc(Br)cc(CO)c2F)CC1C. The molecule has 20 heavy (non-hydrogen) atoms. The third-order valence-electron chi connectivity index (χ3n) is 3.82. The van der Waals surface area contributed by atoms with Crippen molar-refractivity contribution in [2.24, 2.45) is 11.8 Å². The van der Waals surface area contributed by atoms with Gasteiger partial charge in [-0.1, -0.05) is 29.8 Å². The second-order valence-corrected chi connectivity index (χ2v) is 8.13. The molecule has 0 aromatic heterocycles. The van der Waals surface area contributed by atoms with Crippen LogP contribution in [-0.2, 0) is 16.6 Å². The normalized spacial score (nSPS) is 24.2. The summed E-state index contributed by atoms with van der Waals surface area (Å²) in [6, 6.07) is 2.63. The van der Waals surface area contributed by atoms with Crippen LogP contribution < -0.4 is 0 Å². The highest BCUT2D eigenvalue weighted by atomic mass is 79.9. The van der Waals surface area contributed by atoms with Gasteiger partial charge >= 0.3 is 0 Å². The number of sulfonamides is 1. The zero-order valence-electron chi connectivity index (χ0n) is 11.3. The third kappa shape index (κ3) is 2.77. The number of aliphatic hydroxyl groups is 1. The van der Waals surface area contributed by atoms with Crippen molar-refractivity contribution >= 4 is 26.0 Å². The van der Waals surface area contributed by atoms with E-state index < -0.39 is 22.4 Å². The lowest BCUT2D eigenvalue weighted by Crippen LogP contribution is -2.30. The van der Waals surface area contributed by atoms with Crippen LogP contribution in [0.3, 0.4) is 0 Å². The fourth-order valence-electron chi connectivity index (χ4n) is 2.33. The Balaban J connectivity index is 2.48. The molecule has 7 heteroatoms. The number of benzene rings is 1. The first-order chi connectivity index (χ1) is 9.27. The van der Waals surface area contributed by atoms with Crippen molar-refractivity contribution in [3.8, 4) is 0 Å². The van der Waals surface area contributed by atoms with Crippen LogP contribution in [0.2, 0.25) is 0 Å². The molecule has 4 nitrogen and oxygen atoms in total. The summed E-state index contributed by atoms with van der Waals surface area (Å²) in [5.41, 5.74) is -0.0294. The van der Waals surface area contributed by atoms with Gasteiger partial charge in [-0.15, -0.1) is 0 Å². The standard InChI is InChI=1S/C13H17BrFNO3S/c1-8-5-16(6-9(8)2)20(18,19)12-4-11(14)3-10(7-17)13(12)15/h3-4,8-9,17H,5-7H2,1-2H3. The van der Waals surface area contributed by atoms with Gasteiger partial charge in [-0.2, -0.15) is 4.31 Å². The Morgan fingerprint density at radius 2 is 1.90 bits per heavy atom. The Morgan fingerprint density at radius 3 is 2.40 bits per heavy atom. The topological polar surface area (TPSA) is 57.6 Å². The summed E-state index contributed by atoms with van der Waals surface area (Å²) in [4.78, 5) is -0.378. The molecule has 1 aromatic rings. The highest BCUT2D eigenvalue weighted by molar-refractivity contribution is 9.10. The number of hydrogen-bond acceptors (Lipinski definition) is 3. The molecule has 0 radical (unpaired) electrons. The maximum atomic E-state index is 14.2. The fourth-order valence-corrected chi connectivity index (χ4v) is 4.76. The predicted octanol–water partition coefficient (Wildman–Crippen LogP) is 2.36. The van der Waals surface area contributed by atoms with Crippen molar-refractivity contribution in [1.29, 1.82) is 0 Å². The molecule has 1 heterocycles. The molecular formula is C13H17BrFNO3S. The molecule has 1 N–H and O–H groups in total. The minimum absolute atomic E-state index is 0.0294. The maximum absolute atomic E-state index is 14.2. The van der Waals surface area contributed by atoms with Crippen LogP contribution in [0, 0.1) is 17.7 Å². The lowest BCUT2D eigenvalue weighted by Gasteiger charge is -2.18. The van der Waals surface area contributed by atoms with Gasteiger partial charge in [0.2, 0.25) is 10.0 Å². The summed E-state index contributed by atoms with van der Waals surface area (Å²) in [6.45, 7) is 4.21. The summed E-state index contributed by atoms with van der Waals surface area (Å²) < 4.78 is 41.1. The van der Waals surface area contributed by atoms with Gasteiger partial charge in [-0.3, -0.25) is 0 Å². The molecule has 1 aliphatic rings. The molecule has 0 bridgehead atoms. The summed E-state index contributed by atoms with van der Waals surface area (Å²) in [5.74, 6) is -0.377. The first-order valence-electron chi connectivity index (χ1n) is 6.36. The van der Waals surface area contributed by atoms with E-state index in [9.17, 15) is 12.8 Å². The second-order valence-electron chi connectivity index (χ2n) is 5.31. The molecule has 1 aliphatic heterocycles. The third-order valence-corrected chi connectivity index (χ3v) is 6.11. The van der Waals surface area contributed by atoms with Crippen molar-refractivity contribution in [2.75, 3.05) is 13.1 Å². The average Bonchev–Trinajstić information content (AvgIpc) is 2.72. The van der Waals surface area contributed by atoms with Gasteiger partial charge in [-0.05, 0) is 24.0 Å². The summed E-state index contributed by atoms with van der Waals surface area (Å²) in [5, 5.41) is 9.11. The van der Waals surface area contributed by atoms with E-state index in [-0.39, 0.29) is 22.3 Å². The van der Waals surface area contributed by atoms with E-state index in [1.165, 1.54) is 16.4 Å². The molecule has 1 aromatic carbocycles. The first-order valence-corrected chi connectivity index (χ1v) is 8.59. The lowest BCUT2D eigenvalue weighted by molar-refractivity contribution is 0.274. The van der Waals surface area contributed by atoms with E-state index in [1.807, 2.05) is 13.8 Å². The molecule has 2 unspecified atom stereocenters. The Bertz CT molecular complexity index is 610. The smallest absolute Gasteiger partial charge is 0.246 e. The number of aliphatic hydroxyl groups excluding tert-OH is 1. The molecule has 0 spiro atoms. The monoisotopic (exact) mass is 365 g/mol. The van der Waals surface area contributed by atoms with Crippen molar-refractivity contribution in [3.63, 3.8) is 0 Å². The summed E-state index contributed by atoms with van der Waals surface area (Å²) in [7, 11) is -3.87. The fraction of sp³-hybridized carbons (Fsp3) is 0.538. The average molecular weight is 366 g/mol. The number of rotatable bonds is 3. The number of hydrogen-bond donors (Lipinski definition) is 1. The minimum Gasteiger partial charge on any atom is -0.392 e. The molecule has 2 atom stereocenters. The van der Waals surface area contributed by atoms with E-state index in [0.29, 0.717) is 17.6 Å². The van der Waals surface area contributed by atoms with E-state index >= 15 is 0 Å². The van der Waals surface area contributed by atoms with Crippen LogP contribution in [0.25, 0.3) is 0 Å². The van der Waals surface area contributed by atoms with Gasteiger partial charge in [0.15, 0.2) is 0 Å². The molecule has 112 valence electrons. The quantitative estimate of drug-likeness (QED) is 0.894. The zero-order chi connectivity index (χ0) is 15.1. The summed E-state index contributed by atoms with van der Waals surface area (Å²) >= 11 is 3.15. The van der Waals surface area contributed by atoms with Crippen LogP contribution in [0.1, 0.15) is 19.4 Å². The van der Waals surface area contributed by atoms with Gasteiger partial charge in [0.1, 0.15) is 10.7 Å². The first kappa shape index (κ1) is 15.9. The van der Waals surface area contributed by atoms with E-state index in [4.69, 9.17) is 5.11 Å². The molecule has 0 amide bonds. The second kappa shape index (κ2) is 5.71. The van der Waals surface area contributed by atoms with Gasteiger partial charge in [0.05, 0.1) is 6.61 Å². The number of nitrogens with zero attached hydrogens (tertiary/aromatic N) is 1. The largest absolute Gasteiger partial charge is 0.392 e. The van der Waals surface area contributed by atoms with E-state index in [1.54, 1.807) is 0 Å².